The Morgan fingerprint density at radius 1 is 0.366 bits per heavy atom. The molecule has 8 aliphatic heterocycles. The number of esters is 4. The van der Waals surface area contributed by atoms with E-state index in [0.717, 1.165) is 140 Å². The first-order valence-electron chi connectivity index (χ1n) is 36.4. The molecule has 8 aliphatic rings. The van der Waals surface area contributed by atoms with Crippen molar-refractivity contribution in [3.8, 4) is 0 Å². The topological polar surface area (TPSA) is 219 Å². The minimum Gasteiger partial charge on any atom is -0.463 e. The molecule has 4 aromatic heterocycles. The molecule has 0 saturated carbocycles. The molecule has 32 heteroatoms. The van der Waals surface area contributed by atoms with Gasteiger partial charge in [0.05, 0.1) is 48.7 Å². The zero-order valence-corrected chi connectivity index (χ0v) is 71.6. The zero-order valence-electron chi connectivity index (χ0n) is 61.9. The summed E-state index contributed by atoms with van der Waals surface area (Å²) in [6.45, 7) is 20.0. The molecule has 20 nitrogen and oxygen atoms in total. The van der Waals surface area contributed by atoms with Crippen molar-refractivity contribution < 1.29 is 55.7 Å². The third kappa shape index (κ3) is 17.4. The van der Waals surface area contributed by atoms with Crippen LogP contribution in [0.15, 0.2) is 202 Å². The Kier molecular flexibility index (Phi) is 26.3. The monoisotopic (exact) mass is 1850 g/mol. The van der Waals surface area contributed by atoms with Crippen molar-refractivity contribution in [3.63, 3.8) is 0 Å². The Morgan fingerprint density at radius 3 is 0.741 bits per heavy atom. The summed E-state index contributed by atoms with van der Waals surface area (Å²) in [4.78, 5) is 97.5. The second kappa shape index (κ2) is 36.1. The van der Waals surface area contributed by atoms with Crippen molar-refractivity contribution in [1.82, 2.24) is 39.5 Å². The first kappa shape index (κ1) is 81.8. The molecule has 0 N–H and O–H groups in total. The maximum atomic E-state index is 13.7. The fourth-order valence-corrected chi connectivity index (χ4v) is 19.6. The van der Waals surface area contributed by atoms with Gasteiger partial charge in [-0.3, -0.25) is 20.0 Å². The van der Waals surface area contributed by atoms with Crippen molar-refractivity contribution in [2.75, 3.05) is 52.6 Å². The summed E-state index contributed by atoms with van der Waals surface area (Å²) >= 11 is 19.8. The average molecular weight is 1860 g/mol. The number of nitrogens with zero attached hydrogens (tertiary/aromatic N) is 12. The number of allylic oxidation sites excluding steroid dienone is 4. The number of carbonyl (C=O) groups is 4. The number of ether oxygens (including phenoxy) is 4. The van der Waals surface area contributed by atoms with Gasteiger partial charge in [0.15, 0.2) is 43.4 Å². The van der Waals surface area contributed by atoms with Gasteiger partial charge in [-0.25, -0.2) is 56.7 Å². The molecular weight excluding hydrogens is 1780 g/mol. The lowest BCUT2D eigenvalue weighted by atomic mass is 9.94. The first-order chi connectivity index (χ1) is 54.0. The van der Waals surface area contributed by atoms with Crippen LogP contribution in [0.2, 0.25) is 0 Å². The normalized spacial score (nSPS) is 21.6. The van der Waals surface area contributed by atoms with Gasteiger partial charge >= 0.3 is 23.9 Å². The lowest BCUT2D eigenvalue weighted by molar-refractivity contribution is -0.140. The molecule has 4 aromatic carbocycles. The Morgan fingerprint density at radius 2 is 0.571 bits per heavy atom. The van der Waals surface area contributed by atoms with Crippen LogP contribution in [-0.4, -0.2) is 139 Å². The maximum absolute atomic E-state index is 13.7. The van der Waals surface area contributed by atoms with Crippen LogP contribution < -0.4 is 0 Å². The van der Waals surface area contributed by atoms with Crippen LogP contribution in [0.3, 0.4) is 0 Å². The van der Waals surface area contributed by atoms with Gasteiger partial charge < -0.3 is 38.5 Å². The SMILES string of the molecule is CCOC(=O)C1=C2C[C@@H](C)CN2C(c2nccs2)=N[C@H]1c1ccc(F)cc1Br.CCOC(=O)C1=C2C[C@H](C)CN2C(c2nccs2)=N[C@H]1c1ccc(F)cc1Br.CCOC(=O)C1=C2C[C@H](C)CN2C(c2nccs2)=N[C@H]1c1ccc(F)cc1Br.CCOC(=O)C1=C2C[C@H](C)CN2C(c2nccs2)=N[C@H]1c1ccc(F)cc1Br. The molecule has 16 rings (SSSR count). The molecule has 4 saturated heterocycles. The number of carbonyl (C=O) groups excluding carboxylic acids is 4. The summed E-state index contributed by atoms with van der Waals surface area (Å²) in [6.07, 6.45) is 10.0. The van der Waals surface area contributed by atoms with E-state index in [1.165, 1.54) is 93.9 Å². The fourth-order valence-electron chi connectivity index (χ4n) is 14.8. The minimum atomic E-state index is -0.579. The predicted molar refractivity (Wildman–Crippen MR) is 439 cm³/mol. The fraction of sp³-hybridized carbons (Fsp3) is 0.350. The third-order valence-corrected chi connectivity index (χ3v) is 25.1. The molecule has 0 spiro atoms. The van der Waals surface area contributed by atoms with E-state index in [9.17, 15) is 36.7 Å². The molecule has 0 aliphatic carbocycles. The van der Waals surface area contributed by atoms with E-state index < -0.39 is 24.2 Å². The first-order valence-corrected chi connectivity index (χ1v) is 43.1. The van der Waals surface area contributed by atoms with Crippen molar-refractivity contribution in [2.45, 2.75) is 105 Å². The van der Waals surface area contributed by atoms with E-state index in [1.54, 1.807) is 76.7 Å². The second-order valence-corrected chi connectivity index (χ2v) is 34.4. The van der Waals surface area contributed by atoms with Crippen LogP contribution in [0.1, 0.15) is 148 Å². The van der Waals surface area contributed by atoms with Crippen molar-refractivity contribution in [2.24, 2.45) is 43.6 Å². The predicted octanol–water partition coefficient (Wildman–Crippen LogP) is 18.8. The van der Waals surface area contributed by atoms with Crippen LogP contribution in [0.4, 0.5) is 17.6 Å². The molecule has 0 amide bonds. The summed E-state index contributed by atoms with van der Waals surface area (Å²) in [5, 5.41) is 10.8. The molecular formula is C80H76Br4F4N12O8S4. The van der Waals surface area contributed by atoms with E-state index in [-0.39, 0.29) is 73.6 Å². The molecule has 0 radical (unpaired) electrons. The van der Waals surface area contributed by atoms with E-state index >= 15 is 0 Å². The van der Waals surface area contributed by atoms with Gasteiger partial charge in [-0.15, -0.1) is 45.3 Å². The molecule has 584 valence electrons. The standard InChI is InChI=1S/4C20H19BrFN3O2S/c4*1-3-27-20(26)16-15-8-11(2)10-25(15)18(19-23-6-7-28-19)24-17(16)13-5-4-12(22)9-14(13)21/h4*4-7,9,11,17H,3,8,10H2,1-2H3/t11-,17+;3*11-,17-/m1000/s1. The smallest absolute Gasteiger partial charge is 0.338 e. The lowest BCUT2D eigenvalue weighted by Crippen LogP contribution is -2.35. The Balaban J connectivity index is 0.000000131. The largest absolute Gasteiger partial charge is 0.463 e. The minimum absolute atomic E-state index is 0.283. The van der Waals surface area contributed by atoms with Crippen LogP contribution in [0, 0.1) is 46.9 Å². The Bertz CT molecular complexity index is 4530. The Labute approximate surface area is 694 Å². The molecule has 8 aromatic rings. The summed E-state index contributed by atoms with van der Waals surface area (Å²) in [5.41, 5.74) is 8.71. The van der Waals surface area contributed by atoms with Gasteiger partial charge in [0.2, 0.25) is 0 Å². The van der Waals surface area contributed by atoms with Crippen LogP contribution in [0.5, 0.6) is 0 Å². The van der Waals surface area contributed by atoms with Gasteiger partial charge in [0, 0.05) is 113 Å². The molecule has 112 heavy (non-hydrogen) atoms. The molecule has 8 atom stereocenters. The lowest BCUT2D eigenvalue weighted by Gasteiger charge is -2.32. The Hall–Kier alpha value is -8.24. The van der Waals surface area contributed by atoms with Crippen LogP contribution >= 0.6 is 109 Å². The van der Waals surface area contributed by atoms with Gasteiger partial charge in [0.1, 0.15) is 47.4 Å². The number of halogens is 8. The van der Waals surface area contributed by atoms with Crippen molar-refractivity contribution in [3.05, 3.63) is 248 Å². The summed E-state index contributed by atoms with van der Waals surface area (Å²) in [6, 6.07) is 15.5. The number of thiazole rings is 4. The number of amidine groups is 4. The second-order valence-electron chi connectivity index (χ2n) is 27.4. The highest BCUT2D eigenvalue weighted by Gasteiger charge is 2.47. The third-order valence-electron chi connectivity index (χ3n) is 19.3. The average Bonchev–Trinajstić information content (AvgIpc) is 1.51. The van der Waals surface area contributed by atoms with Gasteiger partial charge in [-0.05, 0) is 148 Å². The van der Waals surface area contributed by atoms with E-state index in [1.807, 2.05) is 21.5 Å². The van der Waals surface area contributed by atoms with E-state index in [0.29, 0.717) is 63.9 Å². The van der Waals surface area contributed by atoms with Gasteiger partial charge in [-0.2, -0.15) is 0 Å². The van der Waals surface area contributed by atoms with Crippen molar-refractivity contribution in [1.29, 1.82) is 0 Å². The highest BCUT2D eigenvalue weighted by molar-refractivity contribution is 9.11. The number of benzene rings is 4. The van der Waals surface area contributed by atoms with Crippen LogP contribution in [-0.2, 0) is 38.1 Å². The summed E-state index contributed by atoms with van der Waals surface area (Å²) in [5.74, 6) is 1.61. The summed E-state index contributed by atoms with van der Waals surface area (Å²) in [7, 11) is 0. The zero-order chi connectivity index (χ0) is 79.3. The highest BCUT2D eigenvalue weighted by atomic mass is 79.9. The number of hydrogen-bond donors (Lipinski definition) is 0. The molecule has 4 fully saturated rings. The number of fused-ring (bicyclic) bond motifs is 4. The molecule has 12 heterocycles. The van der Waals surface area contributed by atoms with Gasteiger partial charge in [-0.1, -0.05) is 116 Å². The van der Waals surface area contributed by atoms with Crippen molar-refractivity contribution >= 4 is 156 Å². The number of aliphatic imine (C=N–C) groups is 4. The quantitative estimate of drug-likeness (QED) is 0.0499. The molecule has 0 unspecified atom stereocenters. The number of rotatable bonds is 16. The van der Waals surface area contributed by atoms with E-state index in [2.05, 4.69) is 131 Å². The summed E-state index contributed by atoms with van der Waals surface area (Å²) < 4.78 is 78.5. The van der Waals surface area contributed by atoms with Crippen LogP contribution in [0.25, 0.3) is 0 Å². The highest BCUT2D eigenvalue weighted by Crippen LogP contribution is 2.49. The van der Waals surface area contributed by atoms with E-state index in [4.69, 9.17) is 38.9 Å². The van der Waals surface area contributed by atoms with Gasteiger partial charge in [0.25, 0.3) is 0 Å². The number of aromatic nitrogens is 4. The number of hydrogen-bond acceptors (Lipinski definition) is 24. The molecule has 0 bridgehead atoms. The maximum Gasteiger partial charge on any atom is 0.338 e.